The molecule has 0 bridgehead atoms. The molecule has 0 saturated carbocycles. The second kappa shape index (κ2) is 4.72. The van der Waals surface area contributed by atoms with Crippen LogP contribution in [0.3, 0.4) is 0 Å². The Morgan fingerprint density at radius 3 is 3.00 bits per heavy atom. The molecule has 1 aromatic rings. The normalized spacial score (nSPS) is 10.1. The minimum Gasteiger partial charge on any atom is -0.619 e. The van der Waals surface area contributed by atoms with Crippen molar-refractivity contribution in [3.8, 4) is 0 Å². The van der Waals surface area contributed by atoms with Gasteiger partial charge in [-0.3, -0.25) is 0 Å². The predicted octanol–water partition coefficient (Wildman–Crippen LogP) is 0.899. The molecule has 3 nitrogen and oxygen atoms in total. The molecule has 0 aliphatic carbocycles. The molecule has 0 amide bonds. The number of hydrogen-bond acceptors (Lipinski definition) is 2. The fourth-order valence-corrected chi connectivity index (χ4v) is 1.05. The van der Waals surface area contributed by atoms with Crippen LogP contribution in [0.25, 0.3) is 0 Å². The third kappa shape index (κ3) is 2.51. The average molecular weight is 167 g/mol. The monoisotopic (exact) mass is 167 g/mol. The summed E-state index contributed by atoms with van der Waals surface area (Å²) in [6.45, 7) is 0.703. The summed E-state index contributed by atoms with van der Waals surface area (Å²) < 4.78 is 5.79. The van der Waals surface area contributed by atoms with E-state index in [1.807, 2.05) is 12.1 Å². The summed E-state index contributed by atoms with van der Waals surface area (Å²) >= 11 is 0. The minimum absolute atomic E-state index is 0.703. The summed E-state index contributed by atoms with van der Waals surface area (Å²) in [5.41, 5.74) is 0.801. The van der Waals surface area contributed by atoms with Crippen LogP contribution in [0.2, 0.25) is 0 Å². The van der Waals surface area contributed by atoms with Crippen LogP contribution in [-0.4, -0.2) is 13.7 Å². The van der Waals surface area contributed by atoms with E-state index >= 15 is 0 Å². The highest BCUT2D eigenvalue weighted by Crippen LogP contribution is 1.95. The van der Waals surface area contributed by atoms with Gasteiger partial charge in [-0.15, -0.1) is 0 Å². The Labute approximate surface area is 72.2 Å². The van der Waals surface area contributed by atoms with Crippen LogP contribution in [0, 0.1) is 5.21 Å². The number of nitrogens with zero attached hydrogens (tertiary/aromatic N) is 1. The number of pyridine rings is 1. The summed E-state index contributed by atoms with van der Waals surface area (Å²) in [6.07, 6.45) is 3.18. The smallest absolute Gasteiger partial charge is 0.192 e. The highest BCUT2D eigenvalue weighted by Gasteiger charge is 2.01. The molecule has 0 spiro atoms. The first-order valence-electron chi connectivity index (χ1n) is 4.00. The largest absolute Gasteiger partial charge is 0.619 e. The van der Waals surface area contributed by atoms with Gasteiger partial charge < -0.3 is 9.94 Å². The van der Waals surface area contributed by atoms with Gasteiger partial charge in [-0.25, -0.2) is 0 Å². The molecule has 3 heteroatoms. The minimum atomic E-state index is 0.703. The lowest BCUT2D eigenvalue weighted by Gasteiger charge is -2.02. The van der Waals surface area contributed by atoms with E-state index in [0.717, 1.165) is 23.3 Å². The van der Waals surface area contributed by atoms with Crippen molar-refractivity contribution in [3.63, 3.8) is 0 Å². The molecule has 0 aliphatic rings. The van der Waals surface area contributed by atoms with E-state index in [-0.39, 0.29) is 0 Å². The van der Waals surface area contributed by atoms with E-state index in [4.69, 9.17) is 4.74 Å². The molecule has 0 aliphatic heterocycles. The third-order valence-electron chi connectivity index (χ3n) is 1.69. The van der Waals surface area contributed by atoms with Gasteiger partial charge in [0.2, 0.25) is 0 Å². The van der Waals surface area contributed by atoms with Crippen molar-refractivity contribution in [1.29, 1.82) is 0 Å². The van der Waals surface area contributed by atoms with E-state index in [1.54, 1.807) is 13.2 Å². The van der Waals surface area contributed by atoms with E-state index in [0.29, 0.717) is 6.61 Å². The van der Waals surface area contributed by atoms with Crippen LogP contribution in [0.5, 0.6) is 0 Å². The maximum atomic E-state index is 11.1. The van der Waals surface area contributed by atoms with Gasteiger partial charge in [-0.2, -0.15) is 4.73 Å². The summed E-state index contributed by atoms with van der Waals surface area (Å²) in [6, 6.07) is 5.44. The van der Waals surface area contributed by atoms with Crippen LogP contribution in [0.1, 0.15) is 12.1 Å². The Balaban J connectivity index is 2.46. The molecule has 0 atom stereocenters. The molecule has 66 valence electrons. The molecule has 0 saturated heterocycles. The van der Waals surface area contributed by atoms with E-state index < -0.39 is 0 Å². The Morgan fingerprint density at radius 2 is 2.33 bits per heavy atom. The van der Waals surface area contributed by atoms with E-state index in [2.05, 4.69) is 0 Å². The molecule has 12 heavy (non-hydrogen) atoms. The fourth-order valence-electron chi connectivity index (χ4n) is 1.05. The highest BCUT2D eigenvalue weighted by atomic mass is 16.5. The number of ether oxygens (including phenoxy) is 1. The van der Waals surface area contributed by atoms with Crippen molar-refractivity contribution in [3.05, 3.63) is 35.3 Å². The number of rotatable bonds is 4. The Kier molecular flexibility index (Phi) is 3.54. The molecule has 1 rings (SSSR count). The zero-order chi connectivity index (χ0) is 8.81. The van der Waals surface area contributed by atoms with Crippen LogP contribution in [0.4, 0.5) is 0 Å². The Hall–Kier alpha value is -1.09. The first-order valence-corrected chi connectivity index (χ1v) is 4.00. The quantitative estimate of drug-likeness (QED) is 0.379. The molecule has 0 fully saturated rings. The molecule has 1 aromatic heterocycles. The lowest BCUT2D eigenvalue weighted by Crippen LogP contribution is -2.30. The lowest BCUT2D eigenvalue weighted by molar-refractivity contribution is -0.614. The van der Waals surface area contributed by atoms with Gasteiger partial charge >= 0.3 is 0 Å². The molecule has 1 heterocycles. The molecule has 0 radical (unpaired) electrons. The highest BCUT2D eigenvalue weighted by molar-refractivity contribution is 4.97. The van der Waals surface area contributed by atoms with Gasteiger partial charge in [0.25, 0.3) is 0 Å². The van der Waals surface area contributed by atoms with Crippen molar-refractivity contribution >= 4 is 0 Å². The summed E-state index contributed by atoms with van der Waals surface area (Å²) in [5.74, 6) is 0. The van der Waals surface area contributed by atoms with Crippen LogP contribution in [-0.2, 0) is 11.2 Å². The van der Waals surface area contributed by atoms with Gasteiger partial charge in [-0.05, 0) is 6.42 Å². The average Bonchev–Trinajstić information content (AvgIpc) is 2.09. The number of methoxy groups -OCH3 is 1. The van der Waals surface area contributed by atoms with E-state index in [1.165, 1.54) is 6.20 Å². The van der Waals surface area contributed by atoms with Gasteiger partial charge in [0.15, 0.2) is 11.9 Å². The number of aromatic nitrogens is 1. The molecule has 0 aromatic carbocycles. The zero-order valence-electron chi connectivity index (χ0n) is 7.19. The summed E-state index contributed by atoms with van der Waals surface area (Å²) in [5, 5.41) is 11.1. The van der Waals surface area contributed by atoms with Gasteiger partial charge in [0.05, 0.1) is 0 Å². The van der Waals surface area contributed by atoms with Crippen molar-refractivity contribution < 1.29 is 9.47 Å². The van der Waals surface area contributed by atoms with E-state index in [9.17, 15) is 5.21 Å². The maximum absolute atomic E-state index is 11.1. The summed E-state index contributed by atoms with van der Waals surface area (Å²) in [4.78, 5) is 0. The first kappa shape index (κ1) is 9.00. The Bertz CT molecular complexity index is 238. The van der Waals surface area contributed by atoms with Gasteiger partial charge in [-0.1, -0.05) is 6.07 Å². The van der Waals surface area contributed by atoms with Crippen molar-refractivity contribution in [1.82, 2.24) is 0 Å². The van der Waals surface area contributed by atoms with Crippen LogP contribution < -0.4 is 4.73 Å². The Morgan fingerprint density at radius 1 is 1.50 bits per heavy atom. The van der Waals surface area contributed by atoms with Gasteiger partial charge in [0, 0.05) is 32.3 Å². The molecular formula is C9H13NO2. The third-order valence-corrected chi connectivity index (χ3v) is 1.69. The molecule has 0 unspecified atom stereocenters. The number of aryl methyl sites for hydroxylation is 1. The van der Waals surface area contributed by atoms with Crippen LogP contribution in [0.15, 0.2) is 24.4 Å². The second-order valence-electron chi connectivity index (χ2n) is 2.61. The topological polar surface area (TPSA) is 36.2 Å². The van der Waals surface area contributed by atoms with Crippen molar-refractivity contribution in [2.24, 2.45) is 0 Å². The number of hydrogen-bond donors (Lipinski definition) is 0. The maximum Gasteiger partial charge on any atom is 0.192 e. The van der Waals surface area contributed by atoms with Crippen LogP contribution >= 0.6 is 0 Å². The SMILES string of the molecule is COCCCc1cccc[n+]1[O-]. The molecule has 0 N–H and O–H groups in total. The standard InChI is InChI=1S/C9H13NO2/c1-12-8-4-6-9-5-2-3-7-10(9)11/h2-3,5,7H,4,6,8H2,1H3. The second-order valence-corrected chi connectivity index (χ2v) is 2.61. The predicted molar refractivity (Wildman–Crippen MR) is 45.6 cm³/mol. The lowest BCUT2D eigenvalue weighted by atomic mass is 10.2. The molecular weight excluding hydrogens is 154 g/mol. The summed E-state index contributed by atoms with van der Waals surface area (Å²) in [7, 11) is 1.66. The first-order chi connectivity index (χ1) is 5.84. The van der Waals surface area contributed by atoms with Gasteiger partial charge in [0.1, 0.15) is 0 Å². The fraction of sp³-hybridized carbons (Fsp3) is 0.444. The van der Waals surface area contributed by atoms with Crippen molar-refractivity contribution in [2.45, 2.75) is 12.8 Å². The van der Waals surface area contributed by atoms with Crippen molar-refractivity contribution in [2.75, 3.05) is 13.7 Å². The zero-order valence-corrected chi connectivity index (χ0v) is 7.19.